The zero-order chi connectivity index (χ0) is 25.1. The Morgan fingerprint density at radius 3 is 1.84 bits per heavy atom. The van der Waals surface area contributed by atoms with E-state index in [1.807, 2.05) is 19.6 Å². The third-order valence-corrected chi connectivity index (χ3v) is 8.79. The third kappa shape index (κ3) is 9.24. The average molecular weight is 540 g/mol. The highest BCUT2D eigenvalue weighted by Crippen LogP contribution is 2.34. The van der Waals surface area contributed by atoms with Crippen LogP contribution in [0.4, 0.5) is 5.69 Å². The fourth-order valence-electron chi connectivity index (χ4n) is 3.26. The predicted octanol–water partition coefficient (Wildman–Crippen LogP) is 6.17. The fraction of sp³-hybridized carbons (Fsp3) is 0.650. The van der Waals surface area contributed by atoms with E-state index in [9.17, 15) is 14.9 Å². The average Bonchev–Trinajstić information content (AvgIpc) is 2.60. The maximum absolute atomic E-state index is 13.2. The van der Waals surface area contributed by atoms with Crippen LogP contribution in [0.1, 0.15) is 11.7 Å². The molecule has 1 aromatic rings. The van der Waals surface area contributed by atoms with Crippen LogP contribution < -0.4 is 0 Å². The van der Waals surface area contributed by atoms with E-state index in [-0.39, 0.29) is 18.2 Å². The maximum Gasteiger partial charge on any atom is 0.269 e. The van der Waals surface area contributed by atoms with E-state index in [4.69, 9.17) is 32.1 Å². The van der Waals surface area contributed by atoms with Gasteiger partial charge >= 0.3 is 0 Å². The summed E-state index contributed by atoms with van der Waals surface area (Å²) in [6.45, 7) is 18.8. The summed E-state index contributed by atoms with van der Waals surface area (Å²) in [5, 5.41) is 11.2. The van der Waals surface area contributed by atoms with Crippen LogP contribution in [0.3, 0.4) is 0 Å². The predicted molar refractivity (Wildman–Crippen MR) is 139 cm³/mol. The minimum atomic E-state index is -2.29. The summed E-state index contributed by atoms with van der Waals surface area (Å²) in [6.07, 6.45) is -0.540. The molecule has 182 valence electrons. The lowest BCUT2D eigenvalue weighted by atomic mass is 10.0. The quantitative estimate of drug-likeness (QED) is 0.145. The molecule has 12 heteroatoms. The highest BCUT2D eigenvalue weighted by atomic mass is 35.5. The van der Waals surface area contributed by atoms with E-state index >= 15 is 0 Å². The number of amides is 1. The van der Waals surface area contributed by atoms with Crippen molar-refractivity contribution >= 4 is 59.7 Å². The molecule has 0 N–H and O–H groups in total. The molecule has 0 aliphatic heterocycles. The number of alkyl halides is 2. The zero-order valence-corrected chi connectivity index (χ0v) is 25.0. The van der Waals surface area contributed by atoms with E-state index in [1.54, 1.807) is 16.7 Å². The van der Waals surface area contributed by atoms with Gasteiger partial charge in [-0.2, -0.15) is 0 Å². The molecule has 1 rings (SSSR count). The largest absolute Gasteiger partial charge is 0.415 e. The molecule has 1 amide bonds. The number of carbonyl (C=O) groups excluding carboxylic acids is 1. The number of rotatable bonds is 11. The summed E-state index contributed by atoms with van der Waals surface area (Å²) in [5.41, 5.74) is 0.744. The van der Waals surface area contributed by atoms with Gasteiger partial charge in [0.25, 0.3) is 5.69 Å². The minimum absolute atomic E-state index is 0.00453. The number of nitrogens with zero attached hydrogens (tertiary/aromatic N) is 2. The van der Waals surface area contributed by atoms with Gasteiger partial charge in [-0.05, 0) is 57.0 Å². The Labute approximate surface area is 204 Å². The van der Waals surface area contributed by atoms with Gasteiger partial charge in [0.05, 0.1) is 23.7 Å². The van der Waals surface area contributed by atoms with E-state index in [2.05, 4.69) is 39.3 Å². The normalized spacial score (nSPS) is 14.9. The second-order valence-electron chi connectivity index (χ2n) is 10.7. The van der Waals surface area contributed by atoms with Crippen molar-refractivity contribution in [1.82, 2.24) is 4.57 Å². The maximum atomic E-state index is 13.2. The molecular weight excluding hydrogens is 503 g/mol. The lowest BCUT2D eigenvalue weighted by Crippen LogP contribution is -2.61. The lowest BCUT2D eigenvalue weighted by molar-refractivity contribution is -0.384. The van der Waals surface area contributed by atoms with Crippen molar-refractivity contribution in [2.24, 2.45) is 0 Å². The Bertz CT molecular complexity index is 790. The molecule has 2 unspecified atom stereocenters. The molecule has 0 saturated heterocycles. The van der Waals surface area contributed by atoms with Gasteiger partial charge in [-0.3, -0.25) is 14.9 Å². The zero-order valence-electron chi connectivity index (χ0n) is 20.4. The first kappa shape index (κ1) is 29.3. The van der Waals surface area contributed by atoms with Gasteiger partial charge in [0.1, 0.15) is 0 Å². The summed E-state index contributed by atoms with van der Waals surface area (Å²) >= 11 is 12.1. The molecule has 0 aromatic heterocycles. The second kappa shape index (κ2) is 11.1. The molecule has 0 saturated carbocycles. The number of hydrogen-bond acceptors (Lipinski definition) is 5. The summed E-state index contributed by atoms with van der Waals surface area (Å²) in [7, 11) is -6.34. The van der Waals surface area contributed by atoms with Crippen LogP contribution in [-0.2, 0) is 13.6 Å². The van der Waals surface area contributed by atoms with Crippen LogP contribution in [-0.4, -0.2) is 57.8 Å². The van der Waals surface area contributed by atoms with Gasteiger partial charge in [0.15, 0.2) is 29.7 Å². The first-order valence-electron chi connectivity index (χ1n) is 10.5. The summed E-state index contributed by atoms with van der Waals surface area (Å²) < 4.78 is 14.7. The van der Waals surface area contributed by atoms with Crippen molar-refractivity contribution in [2.75, 3.05) is 6.61 Å². The van der Waals surface area contributed by atoms with E-state index in [1.165, 1.54) is 12.1 Å². The Kier molecular flexibility index (Phi) is 10.2. The lowest BCUT2D eigenvalue weighted by Gasteiger charge is -2.46. The number of nitro benzene ring substituents is 1. The first-order valence-corrected chi connectivity index (χ1v) is 21.6. The molecule has 7 nitrogen and oxygen atoms in total. The van der Waals surface area contributed by atoms with Crippen LogP contribution in [0.15, 0.2) is 24.3 Å². The van der Waals surface area contributed by atoms with Crippen molar-refractivity contribution < 1.29 is 18.6 Å². The number of carbonyl (C=O) groups is 1. The van der Waals surface area contributed by atoms with Crippen LogP contribution in [0, 0.1) is 10.1 Å². The number of non-ortho nitro benzene ring substituents is 1. The van der Waals surface area contributed by atoms with Crippen molar-refractivity contribution in [3.05, 3.63) is 39.9 Å². The molecule has 0 spiro atoms. The van der Waals surface area contributed by atoms with E-state index in [0.29, 0.717) is 0 Å². The van der Waals surface area contributed by atoms with E-state index in [0.717, 1.165) is 5.56 Å². The van der Waals surface area contributed by atoms with Crippen molar-refractivity contribution in [2.45, 2.75) is 75.9 Å². The molecule has 0 heterocycles. The number of halogens is 2. The molecule has 32 heavy (non-hydrogen) atoms. The van der Waals surface area contributed by atoms with Crippen LogP contribution in [0.25, 0.3) is 0 Å². The Morgan fingerprint density at radius 2 is 1.50 bits per heavy atom. The monoisotopic (exact) mass is 538 g/mol. The molecule has 0 aliphatic carbocycles. The molecule has 0 radical (unpaired) electrons. The summed E-state index contributed by atoms with van der Waals surface area (Å²) in [4.78, 5) is 22.7. The SMILES string of the molecule is C[Si](C)(C)OCC(C(O[Si](C)(C)C)c1ccc([N+](=O)[O-])cc1)N(C(=O)C(Cl)Cl)[Si](C)(C)C. The number of hydrogen-bond donors (Lipinski definition) is 0. The summed E-state index contributed by atoms with van der Waals surface area (Å²) in [6, 6.07) is 5.82. The number of benzene rings is 1. The van der Waals surface area contributed by atoms with Gasteiger partial charge < -0.3 is 13.4 Å². The van der Waals surface area contributed by atoms with Crippen LogP contribution in [0.2, 0.25) is 58.9 Å². The third-order valence-electron chi connectivity index (χ3n) is 4.43. The van der Waals surface area contributed by atoms with Crippen molar-refractivity contribution in [3.8, 4) is 0 Å². The highest BCUT2D eigenvalue weighted by molar-refractivity contribution is 6.76. The second-order valence-corrected chi connectivity index (χ2v) is 25.6. The van der Waals surface area contributed by atoms with E-state index < -0.39 is 46.8 Å². The standard InChI is InChI=1S/C20H36Cl2N2O5Si3/c1-30(2,3)23(20(25)19(21)22)17(14-28-31(4,5)6)18(29-32(7,8)9)15-10-12-16(13-11-15)24(26)27/h10-13,17-19H,14H2,1-9H3. The van der Waals surface area contributed by atoms with Gasteiger partial charge in [-0.1, -0.05) is 42.8 Å². The topological polar surface area (TPSA) is 81.9 Å². The van der Waals surface area contributed by atoms with Crippen LogP contribution >= 0.6 is 23.2 Å². The number of nitro groups is 1. The van der Waals surface area contributed by atoms with Gasteiger partial charge in [-0.25, -0.2) is 0 Å². The van der Waals surface area contributed by atoms with Gasteiger partial charge in [0.2, 0.25) is 5.91 Å². The van der Waals surface area contributed by atoms with Crippen LogP contribution in [0.5, 0.6) is 0 Å². The van der Waals surface area contributed by atoms with Crippen molar-refractivity contribution in [3.63, 3.8) is 0 Å². The first-order chi connectivity index (χ1) is 14.3. The smallest absolute Gasteiger partial charge is 0.269 e. The molecule has 2 atom stereocenters. The Morgan fingerprint density at radius 1 is 1.00 bits per heavy atom. The Hall–Kier alpha value is -0.759. The molecule has 0 bridgehead atoms. The minimum Gasteiger partial charge on any atom is -0.415 e. The Balaban J connectivity index is 3.66. The molecule has 0 fully saturated rings. The van der Waals surface area contributed by atoms with Gasteiger partial charge in [0, 0.05) is 12.1 Å². The molecule has 0 aliphatic rings. The highest BCUT2D eigenvalue weighted by Gasteiger charge is 2.43. The summed E-state index contributed by atoms with van der Waals surface area (Å²) in [5.74, 6) is -0.372. The van der Waals surface area contributed by atoms with Gasteiger partial charge in [-0.15, -0.1) is 0 Å². The fourth-order valence-corrected chi connectivity index (χ4v) is 7.36. The molecule has 1 aromatic carbocycles. The molecular formula is C20H36Cl2N2O5Si3. The van der Waals surface area contributed by atoms with Crippen molar-refractivity contribution in [1.29, 1.82) is 0 Å².